The SMILES string of the molecule is Cc1c(N)cnc(OCC2CCCO2)c1Br. The highest BCUT2D eigenvalue weighted by Gasteiger charge is 2.17. The van der Waals surface area contributed by atoms with E-state index >= 15 is 0 Å². The van der Waals surface area contributed by atoms with Crippen molar-refractivity contribution in [1.29, 1.82) is 0 Å². The monoisotopic (exact) mass is 286 g/mol. The molecule has 1 aromatic heterocycles. The van der Waals surface area contributed by atoms with Gasteiger partial charge in [-0.2, -0.15) is 0 Å². The second kappa shape index (κ2) is 5.01. The van der Waals surface area contributed by atoms with Crippen molar-refractivity contribution in [2.75, 3.05) is 18.9 Å². The van der Waals surface area contributed by atoms with E-state index in [0.717, 1.165) is 29.5 Å². The van der Waals surface area contributed by atoms with E-state index in [-0.39, 0.29) is 6.10 Å². The summed E-state index contributed by atoms with van der Waals surface area (Å²) in [5.74, 6) is 0.585. The summed E-state index contributed by atoms with van der Waals surface area (Å²) in [7, 11) is 0. The Morgan fingerprint density at radius 2 is 2.50 bits per heavy atom. The molecule has 1 aliphatic rings. The van der Waals surface area contributed by atoms with Gasteiger partial charge in [0.05, 0.1) is 22.5 Å². The molecular weight excluding hydrogens is 272 g/mol. The van der Waals surface area contributed by atoms with Crippen LogP contribution in [0.25, 0.3) is 0 Å². The van der Waals surface area contributed by atoms with E-state index in [4.69, 9.17) is 15.2 Å². The summed E-state index contributed by atoms with van der Waals surface area (Å²) >= 11 is 3.43. The van der Waals surface area contributed by atoms with Crippen LogP contribution in [0, 0.1) is 6.92 Å². The highest BCUT2D eigenvalue weighted by atomic mass is 79.9. The topological polar surface area (TPSA) is 57.4 Å². The van der Waals surface area contributed by atoms with E-state index in [1.807, 2.05) is 6.92 Å². The van der Waals surface area contributed by atoms with E-state index < -0.39 is 0 Å². The van der Waals surface area contributed by atoms with E-state index in [1.165, 1.54) is 0 Å². The van der Waals surface area contributed by atoms with Crippen LogP contribution >= 0.6 is 15.9 Å². The molecule has 0 radical (unpaired) electrons. The van der Waals surface area contributed by atoms with E-state index in [2.05, 4.69) is 20.9 Å². The maximum absolute atomic E-state index is 5.74. The molecule has 0 bridgehead atoms. The Hall–Kier alpha value is -0.810. The number of pyridine rings is 1. The third-order valence-corrected chi connectivity index (χ3v) is 3.63. The molecule has 1 fully saturated rings. The molecule has 2 N–H and O–H groups in total. The van der Waals surface area contributed by atoms with Crippen LogP contribution in [0.15, 0.2) is 10.7 Å². The van der Waals surface area contributed by atoms with Crippen molar-refractivity contribution in [1.82, 2.24) is 4.98 Å². The molecule has 1 atom stereocenters. The Morgan fingerprint density at radius 1 is 1.69 bits per heavy atom. The van der Waals surface area contributed by atoms with Gasteiger partial charge < -0.3 is 15.2 Å². The van der Waals surface area contributed by atoms with Gasteiger partial charge in [0.2, 0.25) is 5.88 Å². The second-order valence-corrected chi connectivity index (χ2v) is 4.70. The predicted molar refractivity (Wildman–Crippen MR) is 65.6 cm³/mol. The zero-order valence-corrected chi connectivity index (χ0v) is 10.8. The molecule has 0 spiro atoms. The normalized spacial score (nSPS) is 20.0. The summed E-state index contributed by atoms with van der Waals surface area (Å²) in [4.78, 5) is 4.15. The zero-order valence-electron chi connectivity index (χ0n) is 9.20. The van der Waals surface area contributed by atoms with Gasteiger partial charge in [0.25, 0.3) is 0 Å². The van der Waals surface area contributed by atoms with Gasteiger partial charge in [-0.3, -0.25) is 0 Å². The quantitative estimate of drug-likeness (QED) is 0.926. The second-order valence-electron chi connectivity index (χ2n) is 3.90. The molecule has 0 aromatic carbocycles. The molecule has 5 heteroatoms. The maximum atomic E-state index is 5.74. The molecule has 0 saturated carbocycles. The van der Waals surface area contributed by atoms with Gasteiger partial charge >= 0.3 is 0 Å². The Bertz CT molecular complexity index is 378. The Balaban J connectivity index is 2.01. The molecule has 0 amide bonds. The lowest BCUT2D eigenvalue weighted by Gasteiger charge is -2.13. The van der Waals surface area contributed by atoms with E-state index in [9.17, 15) is 0 Å². The van der Waals surface area contributed by atoms with Crippen molar-refractivity contribution in [3.8, 4) is 5.88 Å². The van der Waals surface area contributed by atoms with Crippen LogP contribution < -0.4 is 10.5 Å². The standard InChI is InChI=1S/C11H15BrN2O2/c1-7-9(13)5-14-11(10(7)12)16-6-8-3-2-4-15-8/h5,8H,2-4,6,13H2,1H3. The molecule has 2 heterocycles. The average molecular weight is 287 g/mol. The van der Waals surface area contributed by atoms with Gasteiger partial charge in [-0.25, -0.2) is 4.98 Å². The molecule has 4 nitrogen and oxygen atoms in total. The first-order valence-corrected chi connectivity index (χ1v) is 6.12. The molecule has 88 valence electrons. The van der Waals surface area contributed by atoms with Crippen molar-refractivity contribution in [2.45, 2.75) is 25.9 Å². The van der Waals surface area contributed by atoms with Crippen LogP contribution in [-0.2, 0) is 4.74 Å². The van der Waals surface area contributed by atoms with Crippen LogP contribution in [0.3, 0.4) is 0 Å². The number of aromatic nitrogens is 1. The van der Waals surface area contributed by atoms with Gasteiger partial charge in [0, 0.05) is 6.61 Å². The van der Waals surface area contributed by atoms with E-state index in [0.29, 0.717) is 18.2 Å². The fourth-order valence-corrected chi connectivity index (χ4v) is 2.06. The number of nitrogens with two attached hydrogens (primary N) is 1. The first kappa shape index (κ1) is 11.7. The Kier molecular flexibility index (Phi) is 3.66. The smallest absolute Gasteiger partial charge is 0.228 e. The van der Waals surface area contributed by atoms with Crippen LogP contribution in [0.2, 0.25) is 0 Å². The molecule has 1 aliphatic heterocycles. The van der Waals surface area contributed by atoms with Crippen molar-refractivity contribution in [2.24, 2.45) is 0 Å². The number of anilines is 1. The summed E-state index contributed by atoms with van der Waals surface area (Å²) in [5, 5.41) is 0. The molecular formula is C11H15BrN2O2. The minimum absolute atomic E-state index is 0.201. The lowest BCUT2D eigenvalue weighted by molar-refractivity contribution is 0.0660. The number of halogens is 1. The summed E-state index contributed by atoms with van der Waals surface area (Å²) in [5.41, 5.74) is 7.35. The minimum Gasteiger partial charge on any atom is -0.474 e. The van der Waals surface area contributed by atoms with Crippen LogP contribution in [0.4, 0.5) is 5.69 Å². The third-order valence-electron chi connectivity index (χ3n) is 2.70. The summed E-state index contributed by atoms with van der Waals surface area (Å²) in [6.07, 6.45) is 3.99. The lowest BCUT2D eigenvalue weighted by atomic mass is 10.2. The van der Waals surface area contributed by atoms with Gasteiger partial charge in [-0.05, 0) is 41.3 Å². The molecule has 16 heavy (non-hydrogen) atoms. The molecule has 1 aromatic rings. The molecule has 2 rings (SSSR count). The Labute approximate surface area is 103 Å². The van der Waals surface area contributed by atoms with Gasteiger partial charge in [-0.1, -0.05) is 0 Å². The highest BCUT2D eigenvalue weighted by Crippen LogP contribution is 2.29. The first-order valence-electron chi connectivity index (χ1n) is 5.33. The molecule has 0 aliphatic carbocycles. The Morgan fingerprint density at radius 3 is 3.19 bits per heavy atom. The van der Waals surface area contributed by atoms with E-state index in [1.54, 1.807) is 6.20 Å². The number of rotatable bonds is 3. The number of hydrogen-bond acceptors (Lipinski definition) is 4. The highest BCUT2D eigenvalue weighted by molar-refractivity contribution is 9.10. The first-order chi connectivity index (χ1) is 7.68. The van der Waals surface area contributed by atoms with Crippen molar-refractivity contribution in [3.05, 3.63) is 16.2 Å². The maximum Gasteiger partial charge on any atom is 0.228 e. The van der Waals surface area contributed by atoms with Gasteiger partial charge in [0.15, 0.2) is 0 Å². The molecule has 1 unspecified atom stereocenters. The van der Waals surface area contributed by atoms with Crippen molar-refractivity contribution >= 4 is 21.6 Å². The lowest BCUT2D eigenvalue weighted by Crippen LogP contribution is -2.17. The molecule has 1 saturated heterocycles. The van der Waals surface area contributed by atoms with Gasteiger partial charge in [-0.15, -0.1) is 0 Å². The fourth-order valence-electron chi connectivity index (χ4n) is 1.62. The predicted octanol–water partition coefficient (Wildman–Crippen LogP) is 2.29. The summed E-state index contributed by atoms with van der Waals surface area (Å²) < 4.78 is 11.9. The van der Waals surface area contributed by atoms with Crippen LogP contribution in [-0.4, -0.2) is 24.3 Å². The van der Waals surface area contributed by atoms with Crippen LogP contribution in [0.1, 0.15) is 18.4 Å². The van der Waals surface area contributed by atoms with Gasteiger partial charge in [0.1, 0.15) is 6.61 Å². The van der Waals surface area contributed by atoms with Crippen molar-refractivity contribution < 1.29 is 9.47 Å². The summed E-state index contributed by atoms with van der Waals surface area (Å²) in [6.45, 7) is 3.32. The fraction of sp³-hybridized carbons (Fsp3) is 0.545. The number of hydrogen-bond donors (Lipinski definition) is 1. The zero-order chi connectivity index (χ0) is 11.5. The van der Waals surface area contributed by atoms with Crippen molar-refractivity contribution in [3.63, 3.8) is 0 Å². The minimum atomic E-state index is 0.201. The third kappa shape index (κ3) is 2.47. The number of ether oxygens (including phenoxy) is 2. The average Bonchev–Trinajstić information content (AvgIpc) is 2.78. The summed E-state index contributed by atoms with van der Waals surface area (Å²) in [6, 6.07) is 0. The largest absolute Gasteiger partial charge is 0.474 e. The number of nitrogen functional groups attached to an aromatic ring is 1. The number of nitrogens with zero attached hydrogens (tertiary/aromatic N) is 1. The van der Waals surface area contributed by atoms with Crippen LogP contribution in [0.5, 0.6) is 5.88 Å².